The van der Waals surface area contributed by atoms with Gasteiger partial charge in [-0.3, -0.25) is 9.80 Å². The number of hydrogen-bond donors (Lipinski definition) is 1. The molecule has 3 nitrogen and oxygen atoms in total. The molecular formula is C27H41N3. The summed E-state index contributed by atoms with van der Waals surface area (Å²) < 4.78 is 0. The molecule has 2 aromatic rings. The van der Waals surface area contributed by atoms with Gasteiger partial charge in [-0.1, -0.05) is 35.9 Å². The van der Waals surface area contributed by atoms with Crippen LogP contribution < -0.4 is 5.73 Å². The topological polar surface area (TPSA) is 32.5 Å². The summed E-state index contributed by atoms with van der Waals surface area (Å²) in [5, 5.41) is 0. The Morgan fingerprint density at radius 2 is 1.33 bits per heavy atom. The number of anilines is 1. The van der Waals surface area contributed by atoms with Crippen molar-refractivity contribution in [2.75, 3.05) is 18.8 Å². The molecule has 0 fully saturated rings. The van der Waals surface area contributed by atoms with Crippen LogP contribution in [-0.2, 0) is 25.9 Å². The van der Waals surface area contributed by atoms with Crippen molar-refractivity contribution in [2.24, 2.45) is 0 Å². The number of nitrogens with two attached hydrogens (primary N) is 1. The maximum Gasteiger partial charge on any atom is 0.0362 e. The van der Waals surface area contributed by atoms with E-state index in [0.717, 1.165) is 31.7 Å². The minimum Gasteiger partial charge on any atom is -0.398 e. The summed E-state index contributed by atoms with van der Waals surface area (Å²) in [6.07, 6.45) is 2.32. The van der Waals surface area contributed by atoms with Crippen LogP contribution in [0.5, 0.6) is 0 Å². The van der Waals surface area contributed by atoms with Gasteiger partial charge in [0.1, 0.15) is 0 Å². The fourth-order valence-electron chi connectivity index (χ4n) is 4.44. The smallest absolute Gasteiger partial charge is 0.0362 e. The summed E-state index contributed by atoms with van der Waals surface area (Å²) in [5.74, 6) is 0. The fraction of sp³-hybridized carbons (Fsp3) is 0.556. The van der Waals surface area contributed by atoms with Crippen LogP contribution in [-0.4, -0.2) is 34.0 Å². The number of rotatable bonds is 0. The van der Waals surface area contributed by atoms with Crippen LogP contribution in [0.1, 0.15) is 69.4 Å². The number of hydrogen-bond acceptors (Lipinski definition) is 3. The Morgan fingerprint density at radius 3 is 1.97 bits per heavy atom. The van der Waals surface area contributed by atoms with E-state index >= 15 is 0 Å². The van der Waals surface area contributed by atoms with Gasteiger partial charge in [0.15, 0.2) is 0 Å². The third-order valence-electron chi connectivity index (χ3n) is 6.58. The van der Waals surface area contributed by atoms with E-state index < -0.39 is 0 Å². The first kappa shape index (κ1) is 22.8. The molecule has 0 unspecified atom stereocenters. The highest BCUT2D eigenvalue weighted by Gasteiger charge is 2.27. The quantitative estimate of drug-likeness (QED) is 0.579. The third-order valence-corrected chi connectivity index (χ3v) is 6.58. The zero-order valence-corrected chi connectivity index (χ0v) is 20.2. The van der Waals surface area contributed by atoms with Crippen molar-refractivity contribution in [3.05, 3.63) is 64.2 Å². The molecule has 0 spiro atoms. The normalized spacial score (nSPS) is 17.6. The molecule has 0 aromatic heterocycles. The Hall–Kier alpha value is -1.84. The molecule has 3 heteroatoms. The molecule has 164 valence electrons. The summed E-state index contributed by atoms with van der Waals surface area (Å²) in [7, 11) is 0. The zero-order valence-electron chi connectivity index (χ0n) is 20.2. The first-order chi connectivity index (χ1) is 13.9. The van der Waals surface area contributed by atoms with Gasteiger partial charge < -0.3 is 5.73 Å². The molecule has 2 heterocycles. The van der Waals surface area contributed by atoms with Crippen molar-refractivity contribution < 1.29 is 0 Å². The molecule has 0 bridgehead atoms. The molecule has 0 radical (unpaired) electrons. The molecule has 2 N–H and O–H groups in total. The number of aryl methyl sites for hydroxylation is 1. The summed E-state index contributed by atoms with van der Waals surface area (Å²) >= 11 is 0. The zero-order chi connectivity index (χ0) is 22.1. The molecule has 2 aliphatic rings. The minimum absolute atomic E-state index is 0.236. The molecule has 2 aliphatic heterocycles. The molecule has 2 aromatic carbocycles. The predicted octanol–water partition coefficient (Wildman–Crippen LogP) is 5.58. The predicted molar refractivity (Wildman–Crippen MR) is 130 cm³/mol. The lowest BCUT2D eigenvalue weighted by Crippen LogP contribution is -2.44. The van der Waals surface area contributed by atoms with E-state index in [0.29, 0.717) is 5.54 Å². The summed E-state index contributed by atoms with van der Waals surface area (Å²) in [5.41, 5.74) is 14.7. The number of nitrogen functional groups attached to an aromatic ring is 1. The van der Waals surface area contributed by atoms with Crippen LogP contribution in [0, 0.1) is 6.92 Å². The summed E-state index contributed by atoms with van der Waals surface area (Å²) in [6.45, 7) is 20.3. The second kappa shape index (κ2) is 8.72. The van der Waals surface area contributed by atoms with Gasteiger partial charge in [0.2, 0.25) is 0 Å². The van der Waals surface area contributed by atoms with Crippen LogP contribution in [0.15, 0.2) is 36.4 Å². The Kier molecular flexibility index (Phi) is 6.64. The number of benzene rings is 2. The van der Waals surface area contributed by atoms with Gasteiger partial charge in [0, 0.05) is 42.9 Å². The average molecular weight is 408 g/mol. The Bertz CT molecular complexity index is 871. The molecule has 0 atom stereocenters. The molecule has 0 aliphatic carbocycles. The van der Waals surface area contributed by atoms with Crippen molar-refractivity contribution in [3.63, 3.8) is 0 Å². The van der Waals surface area contributed by atoms with Crippen LogP contribution >= 0.6 is 0 Å². The standard InChI is InChI=1S/C14H21N.C13H20N2/c1-11-5-6-12-7-8-15(14(2,3)4)10-13(12)9-11;1-13(2,3)15-8-7-10-5-4-6-12(14)11(10)9-15/h5-6,9H,7-8,10H2,1-4H3;4-6H,7-9,14H2,1-3H3. The van der Waals surface area contributed by atoms with E-state index in [2.05, 4.69) is 88.6 Å². The van der Waals surface area contributed by atoms with Gasteiger partial charge in [-0.15, -0.1) is 0 Å². The van der Waals surface area contributed by atoms with Crippen LogP contribution in [0.3, 0.4) is 0 Å². The van der Waals surface area contributed by atoms with Crippen molar-refractivity contribution in [2.45, 2.75) is 85.5 Å². The Labute approximate surface area is 184 Å². The first-order valence-corrected chi connectivity index (χ1v) is 11.4. The average Bonchev–Trinajstić information content (AvgIpc) is 2.66. The van der Waals surface area contributed by atoms with Crippen molar-refractivity contribution in [3.8, 4) is 0 Å². The monoisotopic (exact) mass is 407 g/mol. The highest BCUT2D eigenvalue weighted by atomic mass is 15.2. The Balaban J connectivity index is 0.000000171. The second-order valence-corrected chi connectivity index (χ2v) is 10.9. The maximum atomic E-state index is 6.02. The van der Waals surface area contributed by atoms with Crippen molar-refractivity contribution in [1.29, 1.82) is 0 Å². The van der Waals surface area contributed by atoms with Gasteiger partial charge in [0.25, 0.3) is 0 Å². The van der Waals surface area contributed by atoms with Gasteiger partial charge in [-0.2, -0.15) is 0 Å². The highest BCUT2D eigenvalue weighted by molar-refractivity contribution is 5.51. The molecule has 4 rings (SSSR count). The molecular weight excluding hydrogens is 366 g/mol. The highest BCUT2D eigenvalue weighted by Crippen LogP contribution is 2.28. The largest absolute Gasteiger partial charge is 0.398 e. The van der Waals surface area contributed by atoms with E-state index in [-0.39, 0.29) is 5.54 Å². The van der Waals surface area contributed by atoms with Crippen LogP contribution in [0.2, 0.25) is 0 Å². The summed E-state index contributed by atoms with van der Waals surface area (Å²) in [4.78, 5) is 5.06. The third kappa shape index (κ3) is 5.44. The lowest BCUT2D eigenvalue weighted by atomic mass is 9.94. The van der Waals surface area contributed by atoms with Crippen LogP contribution in [0.25, 0.3) is 0 Å². The van der Waals surface area contributed by atoms with E-state index in [4.69, 9.17) is 5.73 Å². The first-order valence-electron chi connectivity index (χ1n) is 11.4. The number of fused-ring (bicyclic) bond motifs is 2. The fourth-order valence-corrected chi connectivity index (χ4v) is 4.44. The van der Waals surface area contributed by atoms with Crippen LogP contribution in [0.4, 0.5) is 5.69 Å². The molecule has 30 heavy (non-hydrogen) atoms. The van der Waals surface area contributed by atoms with E-state index in [1.807, 2.05) is 6.07 Å². The van der Waals surface area contributed by atoms with E-state index in [1.165, 1.54) is 35.2 Å². The summed E-state index contributed by atoms with van der Waals surface area (Å²) in [6, 6.07) is 13.1. The Morgan fingerprint density at radius 1 is 0.733 bits per heavy atom. The van der Waals surface area contributed by atoms with Gasteiger partial charge >= 0.3 is 0 Å². The maximum absolute atomic E-state index is 6.02. The van der Waals surface area contributed by atoms with Gasteiger partial charge in [-0.25, -0.2) is 0 Å². The lowest BCUT2D eigenvalue weighted by molar-refractivity contribution is 0.121. The molecule has 0 saturated heterocycles. The number of nitrogens with zero attached hydrogens (tertiary/aromatic N) is 2. The molecule has 0 amide bonds. The second-order valence-electron chi connectivity index (χ2n) is 10.9. The van der Waals surface area contributed by atoms with E-state index in [1.54, 1.807) is 5.56 Å². The van der Waals surface area contributed by atoms with Gasteiger partial charge in [-0.05, 0) is 89.6 Å². The minimum atomic E-state index is 0.236. The van der Waals surface area contributed by atoms with Gasteiger partial charge in [0.05, 0.1) is 0 Å². The van der Waals surface area contributed by atoms with Crippen molar-refractivity contribution >= 4 is 5.69 Å². The van der Waals surface area contributed by atoms with E-state index in [9.17, 15) is 0 Å². The lowest BCUT2D eigenvalue weighted by Gasteiger charge is -2.39. The SMILES string of the molecule is CC(C)(C)N1CCc2cccc(N)c2C1.Cc1ccc2c(c1)CN(C(C)(C)C)CC2. The van der Waals surface area contributed by atoms with Crippen molar-refractivity contribution in [1.82, 2.24) is 9.80 Å². The molecule has 0 saturated carbocycles.